The molecule has 3 fully saturated rings. The highest BCUT2D eigenvalue weighted by atomic mass is 16.5. The number of hydrogen-bond acceptors (Lipinski definition) is 7. The van der Waals surface area contributed by atoms with E-state index in [0.717, 1.165) is 29.9 Å². The zero-order valence-electron chi connectivity index (χ0n) is 20.9. The zero-order valence-corrected chi connectivity index (χ0v) is 20.9. The molecule has 0 bridgehead atoms. The Morgan fingerprint density at radius 1 is 1.03 bits per heavy atom. The van der Waals surface area contributed by atoms with E-state index < -0.39 is 12.2 Å². The van der Waals surface area contributed by atoms with Crippen LogP contribution in [0.4, 0.5) is 10.5 Å². The van der Waals surface area contributed by atoms with Crippen LogP contribution < -0.4 is 19.7 Å². The van der Waals surface area contributed by atoms with Gasteiger partial charge in [-0.2, -0.15) is 0 Å². The number of hydrogen-bond donors (Lipinski definition) is 1. The number of ether oxygens (including phenoxy) is 2. The summed E-state index contributed by atoms with van der Waals surface area (Å²) < 4.78 is 11.1. The Bertz CT molecular complexity index is 1120. The Hall–Kier alpha value is -3.30. The van der Waals surface area contributed by atoms with Crippen molar-refractivity contribution in [3.8, 4) is 11.5 Å². The van der Waals surface area contributed by atoms with E-state index in [2.05, 4.69) is 22.0 Å². The van der Waals surface area contributed by atoms with Gasteiger partial charge in [0, 0.05) is 26.2 Å². The fraction of sp³-hybridized carbons (Fsp3) is 0.462. The third kappa shape index (κ3) is 3.98. The topological polar surface area (TPSA) is 77.6 Å². The Labute approximate surface area is 206 Å². The largest absolute Gasteiger partial charge is 0.497 e. The van der Waals surface area contributed by atoms with Crippen molar-refractivity contribution in [2.24, 2.45) is 5.92 Å². The lowest BCUT2D eigenvalue weighted by Crippen LogP contribution is -2.66. The number of aryl methyl sites for hydroxylation is 1. The normalized spacial score (nSPS) is 26.6. The van der Waals surface area contributed by atoms with E-state index in [4.69, 9.17) is 9.47 Å². The number of urea groups is 1. The molecule has 0 spiro atoms. The number of benzene rings is 2. The molecule has 0 radical (unpaired) electrons. The van der Waals surface area contributed by atoms with Crippen molar-refractivity contribution in [2.75, 3.05) is 39.3 Å². The Morgan fingerprint density at radius 2 is 1.77 bits per heavy atom. The minimum atomic E-state index is -0.470. The molecule has 3 aliphatic rings. The molecule has 2 aromatic carbocycles. The van der Waals surface area contributed by atoms with Crippen molar-refractivity contribution in [3.63, 3.8) is 0 Å². The minimum Gasteiger partial charge on any atom is -0.497 e. The van der Waals surface area contributed by atoms with E-state index in [9.17, 15) is 9.59 Å². The van der Waals surface area contributed by atoms with Gasteiger partial charge in [-0.1, -0.05) is 36.8 Å². The van der Waals surface area contributed by atoms with Crippen molar-refractivity contribution < 1.29 is 19.1 Å². The molecule has 0 saturated carbocycles. The lowest BCUT2D eigenvalue weighted by atomic mass is 10.0. The summed E-state index contributed by atoms with van der Waals surface area (Å²) in [5, 5.41) is 3.57. The van der Waals surface area contributed by atoms with Gasteiger partial charge in [-0.15, -0.1) is 0 Å². The average molecular weight is 480 g/mol. The summed E-state index contributed by atoms with van der Waals surface area (Å²) in [6, 6.07) is 12.9. The van der Waals surface area contributed by atoms with Gasteiger partial charge < -0.3 is 19.3 Å². The molecule has 0 aromatic heterocycles. The van der Waals surface area contributed by atoms with Crippen LogP contribution in [0.3, 0.4) is 0 Å². The molecule has 3 heterocycles. The van der Waals surface area contributed by atoms with Gasteiger partial charge in [0.15, 0.2) is 0 Å². The number of fused-ring (bicyclic) bond motifs is 3. The highest BCUT2D eigenvalue weighted by Crippen LogP contribution is 2.39. The summed E-state index contributed by atoms with van der Waals surface area (Å²) in [6.07, 6.45) is -0.659. The molecular weight excluding hydrogens is 446 g/mol. The van der Waals surface area contributed by atoms with Gasteiger partial charge in [-0.3, -0.25) is 19.9 Å². The van der Waals surface area contributed by atoms with Crippen molar-refractivity contribution in [1.82, 2.24) is 20.0 Å². The van der Waals surface area contributed by atoms with Crippen molar-refractivity contribution in [2.45, 2.75) is 38.9 Å². The van der Waals surface area contributed by atoms with E-state index in [-0.39, 0.29) is 24.8 Å². The molecule has 1 N–H and O–H groups in total. The van der Waals surface area contributed by atoms with E-state index >= 15 is 0 Å². The summed E-state index contributed by atoms with van der Waals surface area (Å²) in [5.74, 6) is 1.56. The second kappa shape index (κ2) is 9.05. The Kier molecular flexibility index (Phi) is 6.06. The Morgan fingerprint density at radius 3 is 2.46 bits per heavy atom. The van der Waals surface area contributed by atoms with Crippen LogP contribution >= 0.6 is 0 Å². The average Bonchev–Trinajstić information content (AvgIpc) is 3.25. The number of methoxy groups -OCH3 is 2. The molecule has 35 heavy (non-hydrogen) atoms. The molecule has 186 valence electrons. The van der Waals surface area contributed by atoms with Crippen LogP contribution in [0, 0.1) is 12.8 Å². The number of nitrogens with zero attached hydrogens (tertiary/aromatic N) is 4. The summed E-state index contributed by atoms with van der Waals surface area (Å²) in [6.45, 7) is 5.99. The molecule has 9 heteroatoms. The van der Waals surface area contributed by atoms with Gasteiger partial charge in [0.25, 0.3) is 5.91 Å². The van der Waals surface area contributed by atoms with Crippen molar-refractivity contribution in [1.29, 1.82) is 0 Å². The molecule has 3 aliphatic heterocycles. The predicted molar refractivity (Wildman–Crippen MR) is 132 cm³/mol. The molecular formula is C26H33N5O4. The fourth-order valence-corrected chi connectivity index (χ4v) is 5.45. The van der Waals surface area contributed by atoms with Crippen LogP contribution in [0.15, 0.2) is 42.5 Å². The second-order valence-electron chi connectivity index (χ2n) is 9.73. The van der Waals surface area contributed by atoms with Gasteiger partial charge in [-0.25, -0.2) is 4.79 Å². The molecule has 4 unspecified atom stereocenters. The highest BCUT2D eigenvalue weighted by molar-refractivity contribution is 6.00. The van der Waals surface area contributed by atoms with Gasteiger partial charge in [0.05, 0.1) is 26.5 Å². The van der Waals surface area contributed by atoms with Crippen LogP contribution in [0.1, 0.15) is 18.1 Å². The lowest BCUT2D eigenvalue weighted by molar-refractivity contribution is -0.139. The Balaban J connectivity index is 1.46. The first kappa shape index (κ1) is 23.4. The summed E-state index contributed by atoms with van der Waals surface area (Å²) in [4.78, 5) is 34.5. The minimum absolute atomic E-state index is 0.163. The smallest absolute Gasteiger partial charge is 0.328 e. The maximum absolute atomic E-state index is 13.8. The van der Waals surface area contributed by atoms with Gasteiger partial charge in [-0.05, 0) is 30.5 Å². The molecule has 2 aromatic rings. The maximum atomic E-state index is 13.8. The van der Waals surface area contributed by atoms with E-state index in [1.54, 1.807) is 26.2 Å². The van der Waals surface area contributed by atoms with E-state index in [1.807, 2.05) is 49.4 Å². The first-order chi connectivity index (χ1) is 16.8. The summed E-state index contributed by atoms with van der Waals surface area (Å²) in [7, 11) is 5.04. The number of amides is 3. The fourth-order valence-electron chi connectivity index (χ4n) is 5.45. The predicted octanol–water partition coefficient (Wildman–Crippen LogP) is 2.45. The first-order valence-corrected chi connectivity index (χ1v) is 12.0. The standard InChI is InChI=1S/C26H33N5O4/c1-16-6-8-18(9-7-16)15-31-24(32)22-23(28(3)26(31)33)27-25-29(13-17(2)14-30(22)25)20-11-10-19(34-4)12-21(20)35-5/h6-12,17,22-23,25,27H,13-15H2,1-5H3. The summed E-state index contributed by atoms with van der Waals surface area (Å²) in [5.41, 5.74) is 2.99. The maximum Gasteiger partial charge on any atom is 0.328 e. The van der Waals surface area contributed by atoms with Crippen LogP contribution in [0.2, 0.25) is 0 Å². The van der Waals surface area contributed by atoms with Gasteiger partial charge in [0.1, 0.15) is 30.0 Å². The zero-order chi connectivity index (χ0) is 24.9. The van der Waals surface area contributed by atoms with Crippen molar-refractivity contribution >= 4 is 17.6 Å². The van der Waals surface area contributed by atoms with Crippen LogP contribution in [-0.2, 0) is 11.3 Å². The number of imide groups is 1. The molecule has 5 rings (SSSR count). The lowest BCUT2D eigenvalue weighted by Gasteiger charge is -2.46. The third-order valence-electron chi connectivity index (χ3n) is 7.24. The highest BCUT2D eigenvalue weighted by Gasteiger charge is 2.56. The van der Waals surface area contributed by atoms with Gasteiger partial charge in [0.2, 0.25) is 0 Å². The monoisotopic (exact) mass is 479 g/mol. The molecule has 4 atom stereocenters. The van der Waals surface area contributed by atoms with Crippen LogP contribution in [0.5, 0.6) is 11.5 Å². The molecule has 0 aliphatic carbocycles. The van der Waals surface area contributed by atoms with Crippen LogP contribution in [0.25, 0.3) is 0 Å². The van der Waals surface area contributed by atoms with Crippen molar-refractivity contribution in [3.05, 3.63) is 53.6 Å². The molecule has 3 saturated heterocycles. The third-order valence-corrected chi connectivity index (χ3v) is 7.24. The first-order valence-electron chi connectivity index (χ1n) is 12.0. The second-order valence-corrected chi connectivity index (χ2v) is 9.73. The quantitative estimate of drug-likeness (QED) is 0.706. The summed E-state index contributed by atoms with van der Waals surface area (Å²) >= 11 is 0. The van der Waals surface area contributed by atoms with E-state index in [0.29, 0.717) is 17.4 Å². The number of anilines is 1. The number of carbonyl (C=O) groups is 2. The van der Waals surface area contributed by atoms with Gasteiger partial charge >= 0.3 is 6.03 Å². The van der Waals surface area contributed by atoms with E-state index in [1.165, 1.54) is 4.90 Å². The van der Waals surface area contributed by atoms with Crippen LogP contribution in [-0.4, -0.2) is 79.5 Å². The number of likely N-dealkylation sites (N-methyl/N-ethyl adjacent to an activating group) is 1. The number of nitrogens with one attached hydrogen (secondary N) is 1. The SMILES string of the molecule is COc1ccc(N2CC(C)CN3C4C(=O)N(Cc5ccc(C)cc5)C(=O)N(C)C4NC23)c(OC)c1. The number of carbonyl (C=O) groups excluding carboxylic acids is 2. The molecule has 3 amide bonds. The molecule has 9 nitrogen and oxygen atoms in total. The number of rotatable bonds is 5.